The third-order valence-electron chi connectivity index (χ3n) is 4.47. The van der Waals surface area contributed by atoms with Crippen LogP contribution in [0.4, 0.5) is 0 Å². The summed E-state index contributed by atoms with van der Waals surface area (Å²) in [5.41, 5.74) is 0.992. The van der Waals surface area contributed by atoms with Crippen LogP contribution in [0.2, 0.25) is 0 Å². The Kier molecular flexibility index (Phi) is 3.07. The van der Waals surface area contributed by atoms with Gasteiger partial charge in [0.25, 0.3) is 5.79 Å². The van der Waals surface area contributed by atoms with Gasteiger partial charge in [0.2, 0.25) is 5.79 Å². The highest BCUT2D eigenvalue weighted by molar-refractivity contribution is 5.25. The largest absolute Gasteiger partial charge is 0.345 e. The van der Waals surface area contributed by atoms with Crippen molar-refractivity contribution in [1.82, 2.24) is 0 Å². The molecule has 3 heterocycles. The van der Waals surface area contributed by atoms with Crippen LogP contribution in [0.1, 0.15) is 31.2 Å². The van der Waals surface area contributed by atoms with Crippen LogP contribution in [0, 0.1) is 0 Å². The van der Waals surface area contributed by atoms with Crippen LogP contribution < -0.4 is 0 Å². The average Bonchev–Trinajstić information content (AvgIpc) is 2.54. The SMILES string of the molecule is c1ccc([C@]23OCC[C@H](CO[C@]24CCCCO4)O3)cc1. The molecule has 4 heteroatoms. The van der Waals surface area contributed by atoms with Crippen molar-refractivity contribution in [3.8, 4) is 0 Å². The highest BCUT2D eigenvalue weighted by atomic mass is 16.8. The van der Waals surface area contributed by atoms with Gasteiger partial charge in [-0.25, -0.2) is 0 Å². The highest BCUT2D eigenvalue weighted by Gasteiger charge is 2.63. The molecule has 2 bridgehead atoms. The lowest BCUT2D eigenvalue weighted by atomic mass is 9.88. The van der Waals surface area contributed by atoms with Gasteiger partial charge >= 0.3 is 0 Å². The van der Waals surface area contributed by atoms with E-state index >= 15 is 0 Å². The lowest BCUT2D eigenvalue weighted by Crippen LogP contribution is -2.67. The van der Waals surface area contributed by atoms with Crippen LogP contribution in [-0.4, -0.2) is 31.7 Å². The molecule has 4 rings (SSSR count). The van der Waals surface area contributed by atoms with Crippen molar-refractivity contribution in [3.05, 3.63) is 35.9 Å². The van der Waals surface area contributed by atoms with Crippen molar-refractivity contribution in [2.24, 2.45) is 0 Å². The second-order valence-corrected chi connectivity index (χ2v) is 5.73. The molecule has 0 aromatic heterocycles. The normalized spacial score (nSPS) is 40.7. The lowest BCUT2D eigenvalue weighted by Gasteiger charge is -2.56. The lowest BCUT2D eigenvalue weighted by molar-refractivity contribution is -0.484. The zero-order valence-corrected chi connectivity index (χ0v) is 11.5. The Morgan fingerprint density at radius 2 is 1.85 bits per heavy atom. The smallest absolute Gasteiger partial charge is 0.251 e. The second-order valence-electron chi connectivity index (χ2n) is 5.73. The average molecular weight is 276 g/mol. The molecule has 108 valence electrons. The van der Waals surface area contributed by atoms with Gasteiger partial charge in [0.1, 0.15) is 0 Å². The Labute approximate surface area is 119 Å². The van der Waals surface area contributed by atoms with Gasteiger partial charge in [-0.3, -0.25) is 0 Å². The molecule has 1 aromatic carbocycles. The van der Waals surface area contributed by atoms with Crippen LogP contribution in [0.15, 0.2) is 30.3 Å². The Hall–Kier alpha value is -0.940. The molecule has 3 atom stereocenters. The predicted molar refractivity (Wildman–Crippen MR) is 72.0 cm³/mol. The van der Waals surface area contributed by atoms with Gasteiger partial charge in [-0.15, -0.1) is 0 Å². The van der Waals surface area contributed by atoms with E-state index in [1.165, 1.54) is 0 Å². The Morgan fingerprint density at radius 3 is 2.65 bits per heavy atom. The van der Waals surface area contributed by atoms with Crippen LogP contribution in [0.3, 0.4) is 0 Å². The first-order valence-corrected chi connectivity index (χ1v) is 7.50. The molecule has 1 spiro atoms. The molecule has 3 saturated heterocycles. The predicted octanol–water partition coefficient (Wildman–Crippen LogP) is 2.57. The first kappa shape index (κ1) is 12.8. The summed E-state index contributed by atoms with van der Waals surface area (Å²) in [6.07, 6.45) is 3.94. The van der Waals surface area contributed by atoms with Gasteiger partial charge in [-0.1, -0.05) is 30.3 Å². The molecular weight excluding hydrogens is 256 g/mol. The summed E-state index contributed by atoms with van der Waals surface area (Å²) in [5, 5.41) is 0. The zero-order chi connectivity index (χ0) is 13.5. The van der Waals surface area contributed by atoms with Gasteiger partial charge < -0.3 is 18.9 Å². The Balaban J connectivity index is 1.81. The maximum absolute atomic E-state index is 6.32. The minimum atomic E-state index is -0.907. The van der Waals surface area contributed by atoms with Gasteiger partial charge in [0.15, 0.2) is 0 Å². The summed E-state index contributed by atoms with van der Waals surface area (Å²) in [4.78, 5) is 0. The third-order valence-corrected chi connectivity index (χ3v) is 4.47. The maximum Gasteiger partial charge on any atom is 0.251 e. The zero-order valence-electron chi connectivity index (χ0n) is 11.5. The first-order valence-electron chi connectivity index (χ1n) is 7.50. The molecule has 0 aliphatic carbocycles. The summed E-state index contributed by atoms with van der Waals surface area (Å²) < 4.78 is 24.7. The van der Waals surface area contributed by atoms with Crippen molar-refractivity contribution in [2.45, 2.75) is 43.4 Å². The number of hydrogen-bond acceptors (Lipinski definition) is 4. The minimum Gasteiger partial charge on any atom is -0.345 e. The molecule has 4 nitrogen and oxygen atoms in total. The van der Waals surface area contributed by atoms with Crippen molar-refractivity contribution < 1.29 is 18.9 Å². The fourth-order valence-electron chi connectivity index (χ4n) is 3.47. The number of ether oxygens (including phenoxy) is 4. The summed E-state index contributed by atoms with van der Waals surface area (Å²) in [5.74, 6) is -1.70. The van der Waals surface area contributed by atoms with Crippen molar-refractivity contribution in [2.75, 3.05) is 19.8 Å². The summed E-state index contributed by atoms with van der Waals surface area (Å²) in [7, 11) is 0. The maximum atomic E-state index is 6.32. The molecule has 0 saturated carbocycles. The van der Waals surface area contributed by atoms with E-state index in [1.54, 1.807) is 0 Å². The Bertz CT molecular complexity index is 469. The van der Waals surface area contributed by atoms with E-state index in [4.69, 9.17) is 18.9 Å². The topological polar surface area (TPSA) is 36.9 Å². The van der Waals surface area contributed by atoms with Gasteiger partial charge in [-0.2, -0.15) is 0 Å². The summed E-state index contributed by atoms with van der Waals surface area (Å²) in [6.45, 7) is 1.98. The molecule has 0 unspecified atom stereocenters. The van der Waals surface area contributed by atoms with Crippen molar-refractivity contribution >= 4 is 0 Å². The van der Waals surface area contributed by atoms with Crippen molar-refractivity contribution in [3.63, 3.8) is 0 Å². The molecule has 0 radical (unpaired) electrons. The monoisotopic (exact) mass is 276 g/mol. The molecule has 3 aliphatic rings. The molecule has 0 amide bonds. The standard InChI is InChI=1S/C16H20O4/c1-2-6-13(7-3-1)16-15(9-4-5-10-17-15)19-12-14(20-16)8-11-18-16/h1-3,6-7,14H,4-5,8-12H2/t14-,15-,16-/m1/s1. The van der Waals surface area contributed by atoms with Gasteiger partial charge in [0, 0.05) is 12.0 Å². The molecule has 0 N–H and O–H groups in total. The second kappa shape index (κ2) is 4.81. The van der Waals surface area contributed by atoms with E-state index in [0.717, 1.165) is 31.2 Å². The third kappa shape index (κ3) is 1.76. The summed E-state index contributed by atoms with van der Waals surface area (Å²) in [6, 6.07) is 10.1. The van der Waals surface area contributed by atoms with Crippen LogP contribution in [0.25, 0.3) is 0 Å². The highest BCUT2D eigenvalue weighted by Crippen LogP contribution is 2.51. The van der Waals surface area contributed by atoms with E-state index in [2.05, 4.69) is 0 Å². The van der Waals surface area contributed by atoms with E-state index in [9.17, 15) is 0 Å². The van der Waals surface area contributed by atoms with Crippen LogP contribution >= 0.6 is 0 Å². The van der Waals surface area contributed by atoms with E-state index in [0.29, 0.717) is 19.8 Å². The van der Waals surface area contributed by atoms with E-state index < -0.39 is 11.6 Å². The van der Waals surface area contributed by atoms with Crippen LogP contribution in [0.5, 0.6) is 0 Å². The summed E-state index contributed by atoms with van der Waals surface area (Å²) >= 11 is 0. The van der Waals surface area contributed by atoms with Gasteiger partial charge in [0.05, 0.1) is 25.9 Å². The number of fused-ring (bicyclic) bond motifs is 3. The quantitative estimate of drug-likeness (QED) is 0.790. The molecule has 3 fully saturated rings. The number of benzene rings is 1. The van der Waals surface area contributed by atoms with Gasteiger partial charge in [-0.05, 0) is 19.3 Å². The molecule has 20 heavy (non-hydrogen) atoms. The van der Waals surface area contributed by atoms with E-state index in [-0.39, 0.29) is 6.10 Å². The van der Waals surface area contributed by atoms with Crippen LogP contribution in [-0.2, 0) is 24.7 Å². The fraction of sp³-hybridized carbons (Fsp3) is 0.625. The minimum absolute atomic E-state index is 0.0973. The fourth-order valence-corrected chi connectivity index (χ4v) is 3.47. The number of rotatable bonds is 1. The molecule has 1 aromatic rings. The first-order chi connectivity index (χ1) is 9.85. The molecule has 3 aliphatic heterocycles. The molecular formula is C16H20O4. The number of hydrogen-bond donors (Lipinski definition) is 0. The van der Waals surface area contributed by atoms with Crippen molar-refractivity contribution in [1.29, 1.82) is 0 Å². The van der Waals surface area contributed by atoms with E-state index in [1.807, 2.05) is 30.3 Å². The Morgan fingerprint density at radius 1 is 0.950 bits per heavy atom.